The van der Waals surface area contributed by atoms with Gasteiger partial charge in [0, 0.05) is 21.6 Å². The molecular weight excluding hydrogens is 512 g/mol. The monoisotopic (exact) mass is 526 g/mol. The Labute approximate surface area is 191 Å². The summed E-state index contributed by atoms with van der Waals surface area (Å²) >= 11 is 10.4. The van der Waals surface area contributed by atoms with Crippen LogP contribution < -0.4 is 5.32 Å². The number of carbonyl (C=O) groups is 1. The van der Waals surface area contributed by atoms with Gasteiger partial charge in [-0.15, -0.1) is 10.2 Å². The van der Waals surface area contributed by atoms with E-state index in [4.69, 9.17) is 11.6 Å². The summed E-state index contributed by atoms with van der Waals surface area (Å²) in [5.74, 6) is -0.410. The van der Waals surface area contributed by atoms with E-state index >= 15 is 0 Å². The first kappa shape index (κ1) is 21.4. The van der Waals surface area contributed by atoms with Crippen LogP contribution in [0.4, 0.5) is 5.13 Å². The number of hydrogen-bond acceptors (Lipinski definition) is 6. The van der Waals surface area contributed by atoms with Crippen LogP contribution in [0.15, 0.2) is 57.9 Å². The van der Waals surface area contributed by atoms with Gasteiger partial charge in [-0.05, 0) is 49.2 Å². The van der Waals surface area contributed by atoms with Crippen LogP contribution in [0.25, 0.3) is 10.6 Å². The Morgan fingerprint density at radius 1 is 1.13 bits per heavy atom. The molecule has 1 N–H and O–H groups in total. The van der Waals surface area contributed by atoms with Gasteiger partial charge in [0.25, 0.3) is 0 Å². The number of halogens is 2. The number of amides is 1. The second kappa shape index (κ2) is 8.72. The number of anilines is 1. The van der Waals surface area contributed by atoms with Crippen molar-refractivity contribution in [1.29, 1.82) is 0 Å². The first-order valence-corrected chi connectivity index (χ1v) is 12.4. The molecule has 156 valence electrons. The third-order valence-electron chi connectivity index (χ3n) is 4.67. The van der Waals surface area contributed by atoms with Crippen molar-refractivity contribution in [1.82, 2.24) is 14.5 Å². The zero-order chi connectivity index (χ0) is 21.3. The highest BCUT2D eigenvalue weighted by Gasteiger charge is 2.39. The van der Waals surface area contributed by atoms with Gasteiger partial charge in [-0.2, -0.15) is 4.31 Å². The third-order valence-corrected chi connectivity index (χ3v) is 8.26. The summed E-state index contributed by atoms with van der Waals surface area (Å²) in [4.78, 5) is 13.0. The molecule has 11 heteroatoms. The Hall–Kier alpha value is -1.85. The van der Waals surface area contributed by atoms with E-state index in [1.807, 2.05) is 12.1 Å². The van der Waals surface area contributed by atoms with E-state index in [0.29, 0.717) is 34.5 Å². The van der Waals surface area contributed by atoms with E-state index in [-0.39, 0.29) is 4.90 Å². The Kier molecular flexibility index (Phi) is 6.21. The van der Waals surface area contributed by atoms with Crippen molar-refractivity contribution in [3.05, 3.63) is 58.0 Å². The number of aromatic nitrogens is 2. The van der Waals surface area contributed by atoms with E-state index in [0.717, 1.165) is 10.0 Å². The predicted octanol–water partition coefficient (Wildman–Crippen LogP) is 4.41. The minimum absolute atomic E-state index is 0.159. The lowest BCUT2D eigenvalue weighted by Gasteiger charge is -2.23. The summed E-state index contributed by atoms with van der Waals surface area (Å²) in [6, 6.07) is 12.7. The summed E-state index contributed by atoms with van der Waals surface area (Å²) in [5.41, 5.74) is 0.831. The van der Waals surface area contributed by atoms with Crippen LogP contribution >= 0.6 is 38.9 Å². The van der Waals surface area contributed by atoms with Crippen LogP contribution in [0.1, 0.15) is 12.8 Å². The highest BCUT2D eigenvalue weighted by molar-refractivity contribution is 9.10. The minimum Gasteiger partial charge on any atom is -0.299 e. The Morgan fingerprint density at radius 3 is 2.53 bits per heavy atom. The van der Waals surface area contributed by atoms with Gasteiger partial charge in [0.15, 0.2) is 0 Å². The highest BCUT2D eigenvalue weighted by Crippen LogP contribution is 2.30. The van der Waals surface area contributed by atoms with Crippen molar-refractivity contribution in [3.8, 4) is 10.6 Å². The van der Waals surface area contributed by atoms with Crippen LogP contribution in [-0.4, -0.2) is 41.4 Å². The van der Waals surface area contributed by atoms with E-state index in [9.17, 15) is 13.2 Å². The second-order valence-corrected chi connectivity index (χ2v) is 10.9. The first-order chi connectivity index (χ1) is 14.3. The van der Waals surface area contributed by atoms with Crippen molar-refractivity contribution in [2.45, 2.75) is 23.8 Å². The van der Waals surface area contributed by atoms with Crippen LogP contribution in [-0.2, 0) is 14.8 Å². The molecule has 1 aromatic heterocycles. The molecule has 1 aliphatic rings. The van der Waals surface area contributed by atoms with Gasteiger partial charge < -0.3 is 0 Å². The first-order valence-electron chi connectivity index (χ1n) is 9.02. The summed E-state index contributed by atoms with van der Waals surface area (Å²) in [5, 5.41) is 12.4. The van der Waals surface area contributed by atoms with Crippen molar-refractivity contribution in [2.75, 3.05) is 11.9 Å². The normalized spacial score (nSPS) is 17.2. The topological polar surface area (TPSA) is 92.3 Å². The number of rotatable bonds is 5. The minimum atomic E-state index is -3.78. The van der Waals surface area contributed by atoms with Gasteiger partial charge in [0.2, 0.25) is 21.1 Å². The van der Waals surface area contributed by atoms with E-state index < -0.39 is 22.0 Å². The summed E-state index contributed by atoms with van der Waals surface area (Å²) < 4.78 is 28.1. The molecule has 3 aromatic rings. The Balaban J connectivity index is 1.50. The van der Waals surface area contributed by atoms with Gasteiger partial charge in [0.1, 0.15) is 11.0 Å². The molecule has 0 aliphatic carbocycles. The molecule has 0 bridgehead atoms. The molecule has 1 fully saturated rings. The molecule has 1 unspecified atom stereocenters. The number of sulfonamides is 1. The molecule has 0 saturated carbocycles. The van der Waals surface area contributed by atoms with Gasteiger partial charge in [-0.1, -0.05) is 51.0 Å². The largest absolute Gasteiger partial charge is 0.299 e. The van der Waals surface area contributed by atoms with Crippen molar-refractivity contribution >= 4 is 59.9 Å². The van der Waals surface area contributed by atoms with E-state index in [1.165, 1.54) is 27.8 Å². The van der Waals surface area contributed by atoms with Crippen molar-refractivity contribution in [3.63, 3.8) is 0 Å². The van der Waals surface area contributed by atoms with Gasteiger partial charge >= 0.3 is 0 Å². The Morgan fingerprint density at radius 2 is 1.83 bits per heavy atom. The van der Waals surface area contributed by atoms with Gasteiger partial charge in [0.05, 0.1) is 4.90 Å². The lowest BCUT2D eigenvalue weighted by Crippen LogP contribution is -2.43. The summed E-state index contributed by atoms with van der Waals surface area (Å²) in [6.45, 7) is 0.294. The van der Waals surface area contributed by atoms with Crippen LogP contribution in [0.2, 0.25) is 5.02 Å². The molecule has 2 heterocycles. The average molecular weight is 528 g/mol. The SMILES string of the molecule is O=C(Nc1nnc(-c2ccc(Cl)cc2)s1)C1CCCN1S(=O)(=O)c1ccc(Br)cc1. The lowest BCUT2D eigenvalue weighted by molar-refractivity contribution is -0.119. The molecule has 0 spiro atoms. The molecule has 1 amide bonds. The van der Waals surface area contributed by atoms with E-state index in [2.05, 4.69) is 31.4 Å². The summed E-state index contributed by atoms with van der Waals surface area (Å²) in [7, 11) is -3.78. The van der Waals surface area contributed by atoms with Crippen molar-refractivity contribution < 1.29 is 13.2 Å². The maximum absolute atomic E-state index is 13.0. The zero-order valence-electron chi connectivity index (χ0n) is 15.5. The number of nitrogens with zero attached hydrogens (tertiary/aromatic N) is 3. The third kappa shape index (κ3) is 4.42. The quantitative estimate of drug-likeness (QED) is 0.530. The fourth-order valence-electron chi connectivity index (χ4n) is 3.20. The number of carbonyl (C=O) groups excluding carboxylic acids is 1. The fourth-order valence-corrected chi connectivity index (χ4v) is 6.00. The number of benzene rings is 2. The van der Waals surface area contributed by atoms with Crippen LogP contribution in [0.5, 0.6) is 0 Å². The molecule has 1 atom stereocenters. The van der Waals surface area contributed by atoms with Crippen LogP contribution in [0.3, 0.4) is 0 Å². The van der Waals surface area contributed by atoms with Gasteiger partial charge in [-0.3, -0.25) is 10.1 Å². The molecule has 4 rings (SSSR count). The molecule has 0 radical (unpaired) electrons. The molecule has 2 aromatic carbocycles. The fraction of sp³-hybridized carbons (Fsp3) is 0.211. The molecular formula is C19H16BrClN4O3S2. The summed E-state index contributed by atoms with van der Waals surface area (Å²) in [6.07, 6.45) is 1.06. The number of hydrogen-bond donors (Lipinski definition) is 1. The smallest absolute Gasteiger partial charge is 0.244 e. The zero-order valence-corrected chi connectivity index (χ0v) is 19.4. The van der Waals surface area contributed by atoms with E-state index in [1.54, 1.807) is 24.3 Å². The maximum Gasteiger partial charge on any atom is 0.244 e. The molecule has 30 heavy (non-hydrogen) atoms. The van der Waals surface area contributed by atoms with Crippen LogP contribution in [0, 0.1) is 0 Å². The molecule has 7 nitrogen and oxygen atoms in total. The van der Waals surface area contributed by atoms with Gasteiger partial charge in [-0.25, -0.2) is 8.42 Å². The second-order valence-electron chi connectivity index (χ2n) is 6.64. The predicted molar refractivity (Wildman–Crippen MR) is 120 cm³/mol. The average Bonchev–Trinajstić information content (AvgIpc) is 3.39. The lowest BCUT2D eigenvalue weighted by atomic mass is 10.2. The standard InChI is InChI=1S/C19H16BrClN4O3S2/c20-13-5-9-15(10-6-13)30(27,28)25-11-1-2-16(25)17(26)22-19-24-23-18(29-19)12-3-7-14(21)8-4-12/h3-10,16H,1-2,11H2,(H,22,24,26). The molecule has 1 aliphatic heterocycles. The highest BCUT2D eigenvalue weighted by atomic mass is 79.9. The number of nitrogens with one attached hydrogen (secondary N) is 1. The maximum atomic E-state index is 13.0. The molecule has 1 saturated heterocycles. The van der Waals surface area contributed by atoms with Crippen molar-refractivity contribution in [2.24, 2.45) is 0 Å². The Bertz CT molecular complexity index is 1170.